The smallest absolute Gasteiger partial charge is 0.381 e. The van der Waals surface area contributed by atoms with Gasteiger partial charge in [-0.15, -0.1) is 0 Å². The third kappa shape index (κ3) is 12.6. The Kier molecular flexibility index (Phi) is 15.5. The Labute approximate surface area is 388 Å². The molecule has 0 bridgehead atoms. The average molecular weight is 971 g/mol. The largest absolute Gasteiger partial charge is 0.501 e. The van der Waals surface area contributed by atoms with Gasteiger partial charge < -0.3 is 15.0 Å². The Hall–Kier alpha value is -4.23. The van der Waals surface area contributed by atoms with Crippen molar-refractivity contribution >= 4 is 69.0 Å². The van der Waals surface area contributed by atoms with Crippen molar-refractivity contribution < 1.29 is 39.5 Å². The molecule has 1 atom stereocenters. The van der Waals surface area contributed by atoms with Gasteiger partial charge in [-0.1, -0.05) is 78.7 Å². The van der Waals surface area contributed by atoms with Gasteiger partial charge in [-0.25, -0.2) is 21.6 Å². The number of morpholine rings is 1. The molecular weight excluding hydrogens is 915 g/mol. The lowest BCUT2D eigenvalue weighted by atomic mass is 9.73. The summed E-state index contributed by atoms with van der Waals surface area (Å²) in [5.41, 5.74) is -0.981. The van der Waals surface area contributed by atoms with Gasteiger partial charge in [0, 0.05) is 74.7 Å². The van der Waals surface area contributed by atoms with E-state index >= 15 is 0 Å². The zero-order valence-corrected chi connectivity index (χ0v) is 39.9. The normalized spacial score (nSPS) is 18.3. The molecule has 11 nitrogen and oxygen atoms in total. The minimum atomic E-state index is -6.04. The van der Waals surface area contributed by atoms with Crippen LogP contribution in [-0.2, 0) is 24.6 Å². The Bertz CT molecular complexity index is 2540. The maximum Gasteiger partial charge on any atom is 0.501 e. The first-order chi connectivity index (χ1) is 30.9. The summed E-state index contributed by atoms with van der Waals surface area (Å²) >= 11 is 6.19. The Morgan fingerprint density at radius 1 is 0.862 bits per heavy atom. The zero-order chi connectivity index (χ0) is 46.4. The van der Waals surface area contributed by atoms with Crippen LogP contribution < -0.4 is 20.1 Å². The summed E-state index contributed by atoms with van der Waals surface area (Å²) in [5.74, 6) is -1.02. The van der Waals surface area contributed by atoms with Gasteiger partial charge >= 0.3 is 5.51 Å². The van der Waals surface area contributed by atoms with Gasteiger partial charge in [0.05, 0.1) is 33.3 Å². The SMILES string of the molecule is CC1(C)CCC(c2ccc(Cl)cc2)=C(CN2CCN(c3ccc(C(=O)NS(=O)(=O)c4ccc(N[C@H](CCN5CCOCC5)C[Si]c5ccccc5)c(S(=O)(=O)C(F)(F)F)c4)cc3)CC2)C1. The number of hydrogen-bond donors (Lipinski definition) is 2. The number of carbonyl (C=O) groups is 1. The molecule has 0 saturated carbocycles. The first-order valence-electron chi connectivity index (χ1n) is 21.8. The molecule has 2 aliphatic heterocycles. The summed E-state index contributed by atoms with van der Waals surface area (Å²) in [6.45, 7) is 11.7. The number of carbonyl (C=O) groups excluding carboxylic acids is 1. The van der Waals surface area contributed by atoms with Crippen molar-refractivity contribution in [3.05, 3.63) is 119 Å². The van der Waals surface area contributed by atoms with E-state index in [4.69, 9.17) is 16.3 Å². The van der Waals surface area contributed by atoms with Crippen LogP contribution in [0.25, 0.3) is 5.57 Å². The van der Waals surface area contributed by atoms with Gasteiger partial charge in [-0.2, -0.15) is 13.2 Å². The predicted octanol–water partition coefficient (Wildman–Crippen LogP) is 7.49. The highest BCUT2D eigenvalue weighted by molar-refractivity contribution is 7.92. The minimum absolute atomic E-state index is 0.00122. The third-order valence-electron chi connectivity index (χ3n) is 12.3. The molecule has 4 aromatic rings. The quantitative estimate of drug-likeness (QED) is 0.109. The molecule has 2 saturated heterocycles. The summed E-state index contributed by atoms with van der Waals surface area (Å²) in [4.78, 5) is 18.1. The van der Waals surface area contributed by atoms with E-state index in [1.165, 1.54) is 28.8 Å². The molecule has 0 spiro atoms. The topological polar surface area (TPSA) is 128 Å². The Morgan fingerprint density at radius 2 is 1.54 bits per heavy atom. The number of sulfone groups is 1. The van der Waals surface area contributed by atoms with Crippen LogP contribution in [0, 0.1) is 5.41 Å². The van der Waals surface area contributed by atoms with Gasteiger partial charge in [-0.05, 0) is 103 Å². The molecular formula is C47H55ClF3N5O6S2Si. The lowest BCUT2D eigenvalue weighted by Crippen LogP contribution is -2.47. The van der Waals surface area contributed by atoms with Crippen molar-refractivity contribution in [3.8, 4) is 0 Å². The fraction of sp³-hybridized carbons (Fsp3) is 0.426. The van der Waals surface area contributed by atoms with Crippen molar-refractivity contribution in [2.75, 3.05) is 75.8 Å². The van der Waals surface area contributed by atoms with Crippen LogP contribution in [-0.4, -0.2) is 119 Å². The number of sulfonamides is 1. The molecule has 1 aliphatic carbocycles. The van der Waals surface area contributed by atoms with Crippen molar-refractivity contribution in [2.45, 2.75) is 66.9 Å². The standard InChI is InChI=1S/C47H55ClF3N5O6S2Si/c1-46(2)20-18-42(34-8-12-37(48)13-9-34)36(31-46)32-55-22-24-56(25-23-55)39-14-10-35(11-15-39)45(57)53-64(60,61)40-16-17-43(44(30-40)63(58,59)47(49,50)51)52-38(19-21-54-26-28-62-29-27-54)33-65-41-6-4-3-5-7-41/h3-17,30,38,52H,18-29,31-33H2,1-2H3,(H,53,57)/t38-/m1/s1. The zero-order valence-electron chi connectivity index (χ0n) is 36.5. The van der Waals surface area contributed by atoms with Crippen molar-refractivity contribution in [1.29, 1.82) is 0 Å². The number of anilines is 2. The van der Waals surface area contributed by atoms with Crippen molar-refractivity contribution in [1.82, 2.24) is 14.5 Å². The molecule has 2 fully saturated rings. The van der Waals surface area contributed by atoms with E-state index in [2.05, 4.69) is 46.0 Å². The molecule has 4 aromatic carbocycles. The molecule has 3 aliphatic rings. The second kappa shape index (κ2) is 20.7. The molecule has 1 amide bonds. The van der Waals surface area contributed by atoms with E-state index in [1.54, 1.807) is 12.1 Å². The third-order valence-corrected chi connectivity index (χ3v) is 16.9. The van der Waals surface area contributed by atoms with E-state index in [1.807, 2.05) is 47.2 Å². The maximum atomic E-state index is 14.2. The van der Waals surface area contributed by atoms with Gasteiger partial charge in [-0.3, -0.25) is 14.6 Å². The van der Waals surface area contributed by atoms with Gasteiger partial charge in [0.1, 0.15) is 4.90 Å². The number of nitrogens with one attached hydrogen (secondary N) is 2. The van der Waals surface area contributed by atoms with Crippen LogP contribution in [0.5, 0.6) is 0 Å². The molecule has 18 heteroatoms. The second-order valence-electron chi connectivity index (χ2n) is 17.6. The molecule has 348 valence electrons. The number of allylic oxidation sites excluding steroid dienone is 1. The van der Waals surface area contributed by atoms with Crippen LogP contribution in [0.2, 0.25) is 11.1 Å². The Balaban J connectivity index is 1.02. The van der Waals surface area contributed by atoms with Crippen LogP contribution in [0.15, 0.2) is 112 Å². The lowest BCUT2D eigenvalue weighted by molar-refractivity contribution is -0.0435. The number of amides is 1. The fourth-order valence-corrected chi connectivity index (χ4v) is 12.0. The highest BCUT2D eigenvalue weighted by atomic mass is 35.5. The number of halogens is 4. The molecule has 7 rings (SSSR count). The molecule has 0 unspecified atom stereocenters. The van der Waals surface area contributed by atoms with Crippen LogP contribution in [0.4, 0.5) is 24.5 Å². The summed E-state index contributed by atoms with van der Waals surface area (Å²) in [5, 5.41) is 4.76. The average Bonchev–Trinajstić information content (AvgIpc) is 3.28. The van der Waals surface area contributed by atoms with Crippen molar-refractivity contribution in [3.63, 3.8) is 0 Å². The molecule has 65 heavy (non-hydrogen) atoms. The summed E-state index contributed by atoms with van der Waals surface area (Å²) in [6, 6.07) is 26.5. The number of ether oxygens (including phenoxy) is 1. The minimum Gasteiger partial charge on any atom is -0.381 e. The summed E-state index contributed by atoms with van der Waals surface area (Å²) in [6.07, 6.45) is 3.63. The number of rotatable bonds is 16. The van der Waals surface area contributed by atoms with E-state index in [9.17, 15) is 34.8 Å². The van der Waals surface area contributed by atoms with Crippen molar-refractivity contribution in [2.24, 2.45) is 5.41 Å². The molecule has 2 heterocycles. The second-order valence-corrected chi connectivity index (χ2v) is 23.0. The first-order valence-corrected chi connectivity index (χ1v) is 26.3. The van der Waals surface area contributed by atoms with E-state index in [-0.39, 0.29) is 26.2 Å². The molecule has 2 N–H and O–H groups in total. The molecule has 2 radical (unpaired) electrons. The first kappa shape index (κ1) is 48.7. The summed E-state index contributed by atoms with van der Waals surface area (Å²) in [7, 11) is -10.6. The fourth-order valence-electron chi connectivity index (χ4n) is 8.60. The van der Waals surface area contributed by atoms with Crippen LogP contribution in [0.3, 0.4) is 0 Å². The van der Waals surface area contributed by atoms with E-state index < -0.39 is 47.1 Å². The predicted molar refractivity (Wildman–Crippen MR) is 251 cm³/mol. The van der Waals surface area contributed by atoms with E-state index in [0.717, 1.165) is 75.0 Å². The number of hydrogen-bond acceptors (Lipinski definition) is 10. The summed E-state index contributed by atoms with van der Waals surface area (Å²) < 4.78 is 103. The van der Waals surface area contributed by atoms with Gasteiger partial charge in [0.2, 0.25) is 0 Å². The van der Waals surface area contributed by atoms with Gasteiger partial charge in [0.25, 0.3) is 25.8 Å². The highest BCUT2D eigenvalue weighted by Gasteiger charge is 2.48. The Morgan fingerprint density at radius 3 is 2.20 bits per heavy atom. The lowest BCUT2D eigenvalue weighted by Gasteiger charge is -2.39. The number of nitrogens with zero attached hydrogens (tertiary/aromatic N) is 3. The monoisotopic (exact) mass is 969 g/mol. The maximum absolute atomic E-state index is 14.2. The number of alkyl halides is 3. The highest BCUT2D eigenvalue weighted by Crippen LogP contribution is 2.43. The van der Waals surface area contributed by atoms with Gasteiger partial charge in [0.15, 0.2) is 0 Å². The number of benzene rings is 4. The van der Waals surface area contributed by atoms with E-state index in [0.29, 0.717) is 56.4 Å². The van der Waals surface area contributed by atoms with Crippen LogP contribution >= 0.6 is 11.6 Å². The van der Waals surface area contributed by atoms with Crippen LogP contribution in [0.1, 0.15) is 55.5 Å². The number of piperazine rings is 1. The molecule has 0 aromatic heterocycles.